The van der Waals surface area contributed by atoms with Gasteiger partial charge in [0.25, 0.3) is 0 Å². The number of aryl methyl sites for hydroxylation is 2. The fraction of sp³-hybridized carbons (Fsp3) is 0.474. The molecule has 0 fully saturated rings. The molecule has 0 aliphatic rings. The van der Waals surface area contributed by atoms with Crippen molar-refractivity contribution in [3.8, 4) is 0 Å². The quantitative estimate of drug-likeness (QED) is 0.564. The molecule has 1 aromatic rings. The van der Waals surface area contributed by atoms with Crippen LogP contribution in [-0.4, -0.2) is 6.54 Å². The van der Waals surface area contributed by atoms with Gasteiger partial charge >= 0.3 is 0 Å². The molecule has 20 heavy (non-hydrogen) atoms. The Balaban J connectivity index is 3.31. The van der Waals surface area contributed by atoms with E-state index < -0.39 is 0 Å². The van der Waals surface area contributed by atoms with Crippen molar-refractivity contribution in [2.45, 2.75) is 53.4 Å². The third kappa shape index (κ3) is 4.00. The maximum absolute atomic E-state index is 3.86. The fourth-order valence-electron chi connectivity index (χ4n) is 2.56. The van der Waals surface area contributed by atoms with Crippen LogP contribution in [0.15, 0.2) is 42.6 Å². The predicted molar refractivity (Wildman–Crippen MR) is 91.4 cm³/mol. The number of hydrogen-bond acceptors (Lipinski definition) is 1. The molecule has 110 valence electrons. The molecular formula is C19H29N. The van der Waals surface area contributed by atoms with Crippen molar-refractivity contribution in [2.24, 2.45) is 0 Å². The van der Waals surface area contributed by atoms with Gasteiger partial charge in [-0.15, -0.1) is 0 Å². The van der Waals surface area contributed by atoms with Gasteiger partial charge in [-0.2, -0.15) is 0 Å². The molecule has 0 spiro atoms. The Bertz CT molecular complexity index is 457. The van der Waals surface area contributed by atoms with Gasteiger partial charge in [0.1, 0.15) is 0 Å². The first-order valence-electron chi connectivity index (χ1n) is 7.92. The van der Waals surface area contributed by atoms with Crippen molar-refractivity contribution in [1.29, 1.82) is 0 Å². The van der Waals surface area contributed by atoms with Crippen LogP contribution in [0.4, 0.5) is 5.69 Å². The minimum absolute atomic E-state index is 1.03. The molecule has 0 amide bonds. The molecule has 0 saturated heterocycles. The lowest BCUT2D eigenvalue weighted by molar-refractivity contribution is 0.812. The molecule has 1 nitrogen and oxygen atoms in total. The van der Waals surface area contributed by atoms with Gasteiger partial charge in [-0.05, 0) is 49.0 Å². The molecule has 0 radical (unpaired) electrons. The van der Waals surface area contributed by atoms with Crippen LogP contribution in [0.2, 0.25) is 0 Å². The van der Waals surface area contributed by atoms with Crippen LogP contribution in [0, 0.1) is 0 Å². The van der Waals surface area contributed by atoms with Crippen LogP contribution in [-0.2, 0) is 12.8 Å². The van der Waals surface area contributed by atoms with Crippen LogP contribution in [0.25, 0.3) is 0 Å². The van der Waals surface area contributed by atoms with Gasteiger partial charge in [-0.25, -0.2) is 0 Å². The molecule has 0 N–H and O–H groups in total. The zero-order valence-electron chi connectivity index (χ0n) is 13.6. The number of benzene rings is 1. The fourth-order valence-corrected chi connectivity index (χ4v) is 2.56. The van der Waals surface area contributed by atoms with E-state index in [0.717, 1.165) is 32.2 Å². The lowest BCUT2D eigenvalue weighted by Gasteiger charge is -2.29. The molecule has 1 heteroatoms. The van der Waals surface area contributed by atoms with E-state index >= 15 is 0 Å². The molecular weight excluding hydrogens is 242 g/mol. The highest BCUT2D eigenvalue weighted by molar-refractivity contribution is 5.60. The highest BCUT2D eigenvalue weighted by Gasteiger charge is 2.13. The second kappa shape index (κ2) is 8.63. The van der Waals surface area contributed by atoms with Gasteiger partial charge in [0, 0.05) is 17.9 Å². The first-order valence-corrected chi connectivity index (χ1v) is 7.92. The molecule has 0 bridgehead atoms. The SMILES string of the molecule is C=C/C=C(/CC)N(CCC)c1cc(CC)ccc1CC. The average molecular weight is 271 g/mol. The summed E-state index contributed by atoms with van der Waals surface area (Å²) in [4.78, 5) is 2.47. The van der Waals surface area contributed by atoms with Crippen molar-refractivity contribution in [1.82, 2.24) is 0 Å². The van der Waals surface area contributed by atoms with Crippen LogP contribution in [0.1, 0.15) is 51.7 Å². The molecule has 0 saturated carbocycles. The first-order chi connectivity index (χ1) is 9.71. The summed E-state index contributed by atoms with van der Waals surface area (Å²) in [5.74, 6) is 0. The zero-order chi connectivity index (χ0) is 15.0. The van der Waals surface area contributed by atoms with Crippen LogP contribution in [0.5, 0.6) is 0 Å². The number of rotatable bonds is 8. The summed E-state index contributed by atoms with van der Waals surface area (Å²) in [5.41, 5.74) is 5.57. The molecule has 0 aromatic heterocycles. The highest BCUT2D eigenvalue weighted by atomic mass is 15.1. The molecule has 0 aliphatic carbocycles. The van der Waals surface area contributed by atoms with Crippen molar-refractivity contribution in [3.63, 3.8) is 0 Å². The van der Waals surface area contributed by atoms with E-state index in [1.54, 1.807) is 0 Å². The van der Waals surface area contributed by atoms with Gasteiger partial charge in [-0.3, -0.25) is 0 Å². The molecule has 0 unspecified atom stereocenters. The van der Waals surface area contributed by atoms with Gasteiger partial charge < -0.3 is 4.90 Å². The smallest absolute Gasteiger partial charge is 0.0443 e. The monoisotopic (exact) mass is 271 g/mol. The lowest BCUT2D eigenvalue weighted by atomic mass is 10.0. The maximum atomic E-state index is 3.86. The van der Waals surface area contributed by atoms with Crippen molar-refractivity contribution >= 4 is 5.69 Å². The van der Waals surface area contributed by atoms with Crippen LogP contribution >= 0.6 is 0 Å². The number of nitrogens with zero attached hydrogens (tertiary/aromatic N) is 1. The van der Waals surface area contributed by atoms with Crippen LogP contribution in [0.3, 0.4) is 0 Å². The highest BCUT2D eigenvalue weighted by Crippen LogP contribution is 2.28. The summed E-state index contributed by atoms with van der Waals surface area (Å²) < 4.78 is 0. The van der Waals surface area contributed by atoms with Crippen molar-refractivity contribution < 1.29 is 0 Å². The minimum atomic E-state index is 1.03. The topological polar surface area (TPSA) is 3.24 Å². The van der Waals surface area contributed by atoms with E-state index in [4.69, 9.17) is 0 Å². The summed E-state index contributed by atoms with van der Waals surface area (Å²) in [5, 5.41) is 0. The summed E-state index contributed by atoms with van der Waals surface area (Å²) in [6, 6.07) is 6.91. The summed E-state index contributed by atoms with van der Waals surface area (Å²) in [7, 11) is 0. The number of allylic oxidation sites excluding steroid dienone is 3. The summed E-state index contributed by atoms with van der Waals surface area (Å²) in [6.45, 7) is 13.8. The third-order valence-electron chi connectivity index (χ3n) is 3.70. The standard InChI is InChI=1S/C19H29N/c1-6-11-18(10-5)20(14-7-2)19-15-16(8-3)12-13-17(19)9-4/h6,11-13,15H,1,7-10,14H2,2-5H3/b18-11-. The van der Waals surface area contributed by atoms with Gasteiger partial charge in [0.15, 0.2) is 0 Å². The van der Waals surface area contributed by atoms with Gasteiger partial charge in [0.05, 0.1) is 0 Å². The molecule has 0 aliphatic heterocycles. The van der Waals surface area contributed by atoms with E-state index in [1.165, 1.54) is 22.5 Å². The Morgan fingerprint density at radius 2 is 1.90 bits per heavy atom. The Labute approximate surface area is 125 Å². The van der Waals surface area contributed by atoms with Gasteiger partial charge in [0.2, 0.25) is 0 Å². The van der Waals surface area contributed by atoms with Crippen molar-refractivity contribution in [2.75, 3.05) is 11.4 Å². The first kappa shape index (κ1) is 16.6. The Kier molecular flexibility index (Phi) is 7.14. The maximum Gasteiger partial charge on any atom is 0.0443 e. The molecule has 0 heterocycles. The Morgan fingerprint density at radius 3 is 2.40 bits per heavy atom. The average Bonchev–Trinajstić information content (AvgIpc) is 2.50. The Hall–Kier alpha value is -1.50. The molecule has 1 aromatic carbocycles. The normalized spacial score (nSPS) is 11.5. The van der Waals surface area contributed by atoms with Crippen LogP contribution < -0.4 is 4.90 Å². The van der Waals surface area contributed by atoms with E-state index in [0.29, 0.717) is 0 Å². The third-order valence-corrected chi connectivity index (χ3v) is 3.70. The lowest BCUT2D eigenvalue weighted by Crippen LogP contribution is -2.24. The molecule has 1 rings (SSSR count). The second-order valence-electron chi connectivity index (χ2n) is 5.07. The van der Waals surface area contributed by atoms with E-state index in [2.05, 4.69) is 63.4 Å². The number of anilines is 1. The number of hydrogen-bond donors (Lipinski definition) is 0. The zero-order valence-corrected chi connectivity index (χ0v) is 13.6. The summed E-state index contributed by atoms with van der Waals surface area (Å²) in [6.07, 6.45) is 8.39. The van der Waals surface area contributed by atoms with Gasteiger partial charge in [-0.1, -0.05) is 52.5 Å². The van der Waals surface area contributed by atoms with Crippen molar-refractivity contribution in [3.05, 3.63) is 53.8 Å². The largest absolute Gasteiger partial charge is 0.345 e. The second-order valence-corrected chi connectivity index (χ2v) is 5.07. The van der Waals surface area contributed by atoms with E-state index in [-0.39, 0.29) is 0 Å². The van der Waals surface area contributed by atoms with E-state index in [1.807, 2.05) is 6.08 Å². The minimum Gasteiger partial charge on any atom is -0.345 e. The molecule has 0 atom stereocenters. The summed E-state index contributed by atoms with van der Waals surface area (Å²) >= 11 is 0. The Morgan fingerprint density at radius 1 is 1.15 bits per heavy atom. The predicted octanol–water partition coefficient (Wildman–Crippen LogP) is 5.51. The van der Waals surface area contributed by atoms with E-state index in [9.17, 15) is 0 Å².